The topological polar surface area (TPSA) is 67.2 Å². The van der Waals surface area contributed by atoms with Gasteiger partial charge in [0.25, 0.3) is 0 Å². The molecule has 1 saturated heterocycles. The van der Waals surface area contributed by atoms with Crippen LogP contribution in [0.25, 0.3) is 0 Å². The third-order valence-corrected chi connectivity index (χ3v) is 6.27. The van der Waals surface area contributed by atoms with Crippen LogP contribution in [0.4, 0.5) is 0 Å². The number of fused-ring (bicyclic) bond motifs is 1. The third kappa shape index (κ3) is 3.93. The number of rotatable bonds is 6. The van der Waals surface area contributed by atoms with Crippen LogP contribution in [0, 0.1) is 11.8 Å². The first-order chi connectivity index (χ1) is 13.9. The van der Waals surface area contributed by atoms with Crippen molar-refractivity contribution in [3.8, 4) is 0 Å². The lowest BCUT2D eigenvalue weighted by Gasteiger charge is -2.41. The van der Waals surface area contributed by atoms with E-state index in [2.05, 4.69) is 36.3 Å². The predicted molar refractivity (Wildman–Crippen MR) is 111 cm³/mol. The minimum Gasteiger partial charge on any atom is -0.342 e. The number of imidazole rings is 1. The number of hydrogen-bond donors (Lipinski definition) is 1. The van der Waals surface area contributed by atoms with E-state index in [4.69, 9.17) is 0 Å². The van der Waals surface area contributed by atoms with Crippen LogP contribution in [0.15, 0.2) is 36.7 Å². The zero-order valence-electron chi connectivity index (χ0n) is 17.5. The molecule has 0 bridgehead atoms. The van der Waals surface area contributed by atoms with Crippen LogP contribution in [0.3, 0.4) is 0 Å². The highest BCUT2D eigenvalue weighted by Crippen LogP contribution is 2.31. The van der Waals surface area contributed by atoms with E-state index in [1.165, 1.54) is 11.1 Å². The Morgan fingerprint density at radius 3 is 2.45 bits per heavy atom. The molecule has 0 unspecified atom stereocenters. The molecule has 29 heavy (non-hydrogen) atoms. The second kappa shape index (κ2) is 8.01. The van der Waals surface area contributed by atoms with Gasteiger partial charge in [0.1, 0.15) is 17.9 Å². The first-order valence-corrected chi connectivity index (χ1v) is 10.6. The molecular weight excluding hydrogens is 364 g/mol. The molecule has 1 aromatic heterocycles. The van der Waals surface area contributed by atoms with E-state index in [9.17, 15) is 9.59 Å². The summed E-state index contributed by atoms with van der Waals surface area (Å²) < 4.78 is 1.97. The Hall–Kier alpha value is -2.63. The quantitative estimate of drug-likeness (QED) is 0.816. The van der Waals surface area contributed by atoms with Gasteiger partial charge in [-0.05, 0) is 42.2 Å². The molecular formula is C23H30N4O2. The van der Waals surface area contributed by atoms with Crippen LogP contribution < -0.4 is 5.32 Å². The zero-order chi connectivity index (χ0) is 20.5. The van der Waals surface area contributed by atoms with Crippen molar-refractivity contribution in [3.05, 3.63) is 53.6 Å². The fraction of sp³-hybridized carbons (Fsp3) is 0.522. The average molecular weight is 395 g/mol. The van der Waals surface area contributed by atoms with Crippen molar-refractivity contribution in [1.82, 2.24) is 19.8 Å². The summed E-state index contributed by atoms with van der Waals surface area (Å²) in [6, 6.07) is 7.50. The molecule has 6 nitrogen and oxygen atoms in total. The molecule has 1 aliphatic heterocycles. The Kier molecular flexibility index (Phi) is 5.43. The molecule has 1 aliphatic carbocycles. The Bertz CT molecular complexity index is 879. The number of nitrogens with zero attached hydrogens (tertiary/aromatic N) is 3. The van der Waals surface area contributed by atoms with Gasteiger partial charge in [-0.15, -0.1) is 0 Å². The molecule has 2 heterocycles. The summed E-state index contributed by atoms with van der Waals surface area (Å²) in [4.78, 5) is 32.8. The maximum atomic E-state index is 13.5. The number of aromatic nitrogens is 2. The lowest BCUT2D eigenvalue weighted by atomic mass is 9.90. The Morgan fingerprint density at radius 1 is 1.17 bits per heavy atom. The molecule has 1 N–H and O–H groups in total. The van der Waals surface area contributed by atoms with E-state index in [0.717, 1.165) is 18.7 Å². The second-order valence-corrected chi connectivity index (χ2v) is 8.80. The third-order valence-electron chi connectivity index (χ3n) is 6.27. The maximum Gasteiger partial charge on any atom is 0.246 e. The van der Waals surface area contributed by atoms with Crippen LogP contribution in [-0.4, -0.2) is 44.9 Å². The number of amides is 2. The molecule has 2 atom stereocenters. The molecule has 6 heteroatoms. The fourth-order valence-corrected chi connectivity index (χ4v) is 4.74. The van der Waals surface area contributed by atoms with Gasteiger partial charge in [0, 0.05) is 32.4 Å². The van der Waals surface area contributed by atoms with Gasteiger partial charge in [-0.2, -0.15) is 0 Å². The summed E-state index contributed by atoms with van der Waals surface area (Å²) in [7, 11) is 1.96. The smallest absolute Gasteiger partial charge is 0.246 e. The number of hydrogen-bond acceptors (Lipinski definition) is 3. The van der Waals surface area contributed by atoms with E-state index in [1.54, 1.807) is 6.20 Å². The average Bonchev–Trinajstić information content (AvgIpc) is 3.29. The van der Waals surface area contributed by atoms with E-state index in [-0.39, 0.29) is 17.7 Å². The Balaban J connectivity index is 1.54. The largest absolute Gasteiger partial charge is 0.342 e. The van der Waals surface area contributed by atoms with Crippen molar-refractivity contribution in [2.45, 2.75) is 51.6 Å². The van der Waals surface area contributed by atoms with Gasteiger partial charge in [-0.25, -0.2) is 4.98 Å². The lowest BCUT2D eigenvalue weighted by molar-refractivity contribution is -0.151. The standard InChI is InChI=1S/C23H30N4O2/c1-15(2)12-19-22(28)25-21(18-13-16-6-4-5-7-17(16)14-18)23(29)27(19)10-8-20-24-9-11-26(20)3/h4-7,9,11,15,18-19,21H,8,10,12-14H2,1-3H3,(H,25,28)/t19-,21-/m1/s1. The van der Waals surface area contributed by atoms with Gasteiger partial charge >= 0.3 is 0 Å². The highest BCUT2D eigenvalue weighted by Gasteiger charge is 2.44. The zero-order valence-corrected chi connectivity index (χ0v) is 17.5. The van der Waals surface area contributed by atoms with Crippen molar-refractivity contribution in [2.24, 2.45) is 18.9 Å². The van der Waals surface area contributed by atoms with Gasteiger partial charge in [0.2, 0.25) is 11.8 Å². The number of aryl methyl sites for hydroxylation is 1. The number of piperazine rings is 1. The molecule has 1 aromatic carbocycles. The van der Waals surface area contributed by atoms with E-state index < -0.39 is 12.1 Å². The first-order valence-electron chi connectivity index (χ1n) is 10.6. The molecule has 2 aromatic rings. The summed E-state index contributed by atoms with van der Waals surface area (Å²) in [5, 5.41) is 3.08. The molecule has 2 aliphatic rings. The number of benzene rings is 1. The van der Waals surface area contributed by atoms with Crippen LogP contribution in [0.5, 0.6) is 0 Å². The van der Waals surface area contributed by atoms with Gasteiger partial charge in [0.05, 0.1) is 0 Å². The maximum absolute atomic E-state index is 13.5. The first kappa shape index (κ1) is 19.7. The van der Waals surface area contributed by atoms with Crippen LogP contribution in [-0.2, 0) is 35.9 Å². The summed E-state index contributed by atoms with van der Waals surface area (Å²) in [6.45, 7) is 4.70. The number of carbonyl (C=O) groups excluding carboxylic acids is 2. The van der Waals surface area contributed by atoms with Gasteiger partial charge in [0.15, 0.2) is 0 Å². The predicted octanol–water partition coefficient (Wildman–Crippen LogP) is 2.12. The fourth-order valence-electron chi connectivity index (χ4n) is 4.74. The van der Waals surface area contributed by atoms with Crippen molar-refractivity contribution < 1.29 is 9.59 Å². The molecule has 154 valence electrons. The highest BCUT2D eigenvalue weighted by atomic mass is 16.2. The molecule has 0 spiro atoms. The van der Waals surface area contributed by atoms with Crippen LogP contribution in [0.2, 0.25) is 0 Å². The van der Waals surface area contributed by atoms with E-state index in [1.807, 2.05) is 34.8 Å². The molecule has 2 amide bonds. The SMILES string of the molecule is CC(C)C[C@@H]1C(=O)N[C@H](C2Cc3ccccc3C2)C(=O)N1CCc1nccn1C. The highest BCUT2D eigenvalue weighted by molar-refractivity contribution is 5.97. The lowest BCUT2D eigenvalue weighted by Crippen LogP contribution is -2.65. The van der Waals surface area contributed by atoms with Gasteiger partial charge in [-0.1, -0.05) is 38.1 Å². The summed E-state index contributed by atoms with van der Waals surface area (Å²) in [5.41, 5.74) is 2.59. The van der Waals surface area contributed by atoms with E-state index in [0.29, 0.717) is 25.3 Å². The molecule has 0 radical (unpaired) electrons. The van der Waals surface area contributed by atoms with Crippen LogP contribution >= 0.6 is 0 Å². The number of nitrogens with one attached hydrogen (secondary N) is 1. The summed E-state index contributed by atoms with van der Waals surface area (Å²) >= 11 is 0. The minimum absolute atomic E-state index is 0.0147. The molecule has 0 saturated carbocycles. The summed E-state index contributed by atoms with van der Waals surface area (Å²) in [5.74, 6) is 1.43. The van der Waals surface area contributed by atoms with Gasteiger partial charge < -0.3 is 14.8 Å². The Labute approximate surface area is 172 Å². The number of carbonyl (C=O) groups is 2. The van der Waals surface area contributed by atoms with Crippen molar-refractivity contribution >= 4 is 11.8 Å². The van der Waals surface area contributed by atoms with E-state index >= 15 is 0 Å². The summed E-state index contributed by atoms with van der Waals surface area (Å²) in [6.07, 6.45) is 6.68. The minimum atomic E-state index is -0.445. The normalized spacial score (nSPS) is 22.3. The Morgan fingerprint density at radius 2 is 1.86 bits per heavy atom. The van der Waals surface area contributed by atoms with Crippen molar-refractivity contribution in [3.63, 3.8) is 0 Å². The van der Waals surface area contributed by atoms with Crippen molar-refractivity contribution in [1.29, 1.82) is 0 Å². The monoisotopic (exact) mass is 394 g/mol. The van der Waals surface area contributed by atoms with Crippen LogP contribution in [0.1, 0.15) is 37.2 Å². The molecule has 4 rings (SSSR count). The molecule has 1 fully saturated rings. The second-order valence-electron chi connectivity index (χ2n) is 8.80. The van der Waals surface area contributed by atoms with Gasteiger partial charge in [-0.3, -0.25) is 9.59 Å². The van der Waals surface area contributed by atoms with Crippen molar-refractivity contribution in [2.75, 3.05) is 6.54 Å².